The molecule has 1 aliphatic heterocycles. The molecule has 0 atom stereocenters. The van der Waals surface area contributed by atoms with E-state index in [0.717, 1.165) is 0 Å². The lowest BCUT2D eigenvalue weighted by atomic mass is 9.87. The number of hydrazone groups is 1. The Morgan fingerprint density at radius 1 is 1.21 bits per heavy atom. The summed E-state index contributed by atoms with van der Waals surface area (Å²) in [5.74, 6) is -0.538. The number of hydrogen-bond donors (Lipinski definition) is 5. The van der Waals surface area contributed by atoms with E-state index in [-0.39, 0.29) is 5.71 Å². The zero-order chi connectivity index (χ0) is 15.3. The summed E-state index contributed by atoms with van der Waals surface area (Å²) in [6, 6.07) is 0. The van der Waals surface area contributed by atoms with Crippen molar-refractivity contribution in [2.45, 2.75) is 32.2 Å². The molecule has 0 spiro atoms. The smallest absolute Gasteiger partial charge is 0.322 e. The van der Waals surface area contributed by atoms with Crippen molar-refractivity contribution in [3.05, 3.63) is 0 Å². The van der Waals surface area contributed by atoms with Crippen LogP contribution in [0.15, 0.2) is 5.10 Å². The van der Waals surface area contributed by atoms with E-state index in [0.29, 0.717) is 0 Å². The van der Waals surface area contributed by atoms with Crippen LogP contribution >= 0.6 is 15.2 Å². The summed E-state index contributed by atoms with van der Waals surface area (Å²) in [7, 11) is -10.5. The highest BCUT2D eigenvalue weighted by Crippen LogP contribution is 2.70. The highest BCUT2D eigenvalue weighted by molar-refractivity contribution is 7.72. The Labute approximate surface area is 109 Å². The minimum Gasteiger partial charge on any atom is -0.322 e. The first-order valence-electron chi connectivity index (χ1n) is 5.22. The molecule has 0 aromatic rings. The Bertz CT molecular complexity index is 502. The van der Waals surface area contributed by atoms with Crippen LogP contribution in [-0.4, -0.2) is 36.1 Å². The van der Waals surface area contributed by atoms with E-state index in [1.807, 2.05) is 0 Å². The Kier molecular flexibility index (Phi) is 3.89. The van der Waals surface area contributed by atoms with E-state index >= 15 is 0 Å². The van der Waals surface area contributed by atoms with Crippen LogP contribution in [-0.2, 0) is 13.9 Å². The number of nitrogens with zero attached hydrogens (tertiary/aromatic N) is 1. The van der Waals surface area contributed by atoms with Crippen LogP contribution in [0, 0.1) is 5.41 Å². The third-order valence-corrected chi connectivity index (χ3v) is 6.70. The van der Waals surface area contributed by atoms with Gasteiger partial charge in [0.2, 0.25) is 0 Å². The summed E-state index contributed by atoms with van der Waals surface area (Å²) in [4.78, 5) is 48.6. The zero-order valence-electron chi connectivity index (χ0n) is 10.6. The number of Topliss-reactive ketones (excluding diaryl/α,β-unsaturated/α-hetero) is 1. The molecule has 1 rings (SSSR count). The molecule has 5 N–H and O–H groups in total. The second-order valence-corrected chi connectivity index (χ2v) is 9.39. The number of hydrogen-bond acceptors (Lipinski definition) is 5. The zero-order valence-corrected chi connectivity index (χ0v) is 12.4. The summed E-state index contributed by atoms with van der Waals surface area (Å²) in [5.41, 5.74) is 0.627. The normalized spacial score (nSPS) is 19.8. The molecule has 1 heterocycles. The van der Waals surface area contributed by atoms with Crippen molar-refractivity contribution in [2.75, 3.05) is 0 Å². The maximum Gasteiger partial charge on any atom is 0.365 e. The Morgan fingerprint density at radius 2 is 1.63 bits per heavy atom. The lowest BCUT2D eigenvalue weighted by Crippen LogP contribution is -2.39. The van der Waals surface area contributed by atoms with Gasteiger partial charge >= 0.3 is 15.2 Å². The summed E-state index contributed by atoms with van der Waals surface area (Å²) in [6.45, 7) is 4.69. The molecule has 0 aliphatic carbocycles. The minimum atomic E-state index is -5.24. The molecule has 0 radical (unpaired) electrons. The first kappa shape index (κ1) is 16.5. The highest BCUT2D eigenvalue weighted by Gasteiger charge is 2.64. The van der Waals surface area contributed by atoms with Crippen LogP contribution in [0.4, 0.5) is 0 Å². The Hall–Kier alpha value is -0.560. The van der Waals surface area contributed by atoms with Gasteiger partial charge in [0.15, 0.2) is 5.78 Å². The van der Waals surface area contributed by atoms with Crippen molar-refractivity contribution in [3.63, 3.8) is 0 Å². The average Bonchev–Trinajstić information content (AvgIpc) is 2.58. The summed E-state index contributed by atoms with van der Waals surface area (Å²) < 4.78 is 22.8. The summed E-state index contributed by atoms with van der Waals surface area (Å²) in [6.07, 6.45) is -0.822. The molecule has 9 nitrogen and oxygen atoms in total. The van der Waals surface area contributed by atoms with Gasteiger partial charge in [-0.25, -0.2) is 0 Å². The van der Waals surface area contributed by atoms with Gasteiger partial charge in [-0.3, -0.25) is 19.4 Å². The van der Waals surface area contributed by atoms with Crippen LogP contribution in [0.3, 0.4) is 0 Å². The molecule has 110 valence electrons. The number of ketones is 1. The van der Waals surface area contributed by atoms with E-state index in [1.54, 1.807) is 26.2 Å². The average molecular weight is 314 g/mol. The largest absolute Gasteiger partial charge is 0.365 e. The quantitative estimate of drug-likeness (QED) is 0.454. The predicted molar refractivity (Wildman–Crippen MR) is 66.5 cm³/mol. The molecule has 0 amide bonds. The second kappa shape index (κ2) is 4.48. The molecule has 0 aromatic carbocycles. The van der Waals surface area contributed by atoms with Crippen LogP contribution < -0.4 is 5.43 Å². The van der Waals surface area contributed by atoms with Gasteiger partial charge in [0.05, 0.1) is 0 Å². The number of carbonyl (C=O) groups is 1. The lowest BCUT2D eigenvalue weighted by Gasteiger charge is -2.29. The molecule has 0 unspecified atom stereocenters. The molecule has 0 fully saturated rings. The van der Waals surface area contributed by atoms with Gasteiger partial charge in [0.1, 0.15) is 5.71 Å². The van der Waals surface area contributed by atoms with Crippen LogP contribution in [0.5, 0.6) is 0 Å². The van der Waals surface area contributed by atoms with Crippen molar-refractivity contribution >= 4 is 26.7 Å². The van der Waals surface area contributed by atoms with E-state index < -0.39 is 37.8 Å². The summed E-state index contributed by atoms with van der Waals surface area (Å²) >= 11 is 0. The second-order valence-electron chi connectivity index (χ2n) is 5.33. The van der Waals surface area contributed by atoms with Gasteiger partial charge in [-0.05, 0) is 0 Å². The molecule has 0 saturated carbocycles. The maximum atomic E-state index is 11.9. The molecule has 0 bridgehead atoms. The number of nitrogens with one attached hydrogen (secondary N) is 1. The van der Waals surface area contributed by atoms with E-state index in [2.05, 4.69) is 5.10 Å². The van der Waals surface area contributed by atoms with Crippen molar-refractivity contribution in [2.24, 2.45) is 10.5 Å². The third-order valence-electron chi connectivity index (χ3n) is 2.69. The lowest BCUT2D eigenvalue weighted by molar-refractivity contribution is -0.119. The molecular weight excluding hydrogens is 298 g/mol. The number of carbonyl (C=O) groups excluding carboxylic acids is 1. The molecule has 1 aliphatic rings. The maximum absolute atomic E-state index is 11.9. The van der Waals surface area contributed by atoms with Crippen molar-refractivity contribution < 1.29 is 33.5 Å². The molecule has 0 aromatic heterocycles. The van der Waals surface area contributed by atoms with Gasteiger partial charge < -0.3 is 19.6 Å². The van der Waals surface area contributed by atoms with Gasteiger partial charge in [-0.2, -0.15) is 5.10 Å². The monoisotopic (exact) mass is 314 g/mol. The molecule has 19 heavy (non-hydrogen) atoms. The first-order chi connectivity index (χ1) is 8.22. The topological polar surface area (TPSA) is 157 Å². The van der Waals surface area contributed by atoms with Crippen molar-refractivity contribution in [3.8, 4) is 0 Å². The van der Waals surface area contributed by atoms with Gasteiger partial charge in [-0.15, -0.1) is 0 Å². The Balaban J connectivity index is 3.20. The van der Waals surface area contributed by atoms with Crippen molar-refractivity contribution in [1.29, 1.82) is 0 Å². The van der Waals surface area contributed by atoms with Crippen molar-refractivity contribution in [1.82, 2.24) is 5.43 Å². The van der Waals surface area contributed by atoms with E-state index in [4.69, 9.17) is 0 Å². The predicted octanol–water partition coefficient (Wildman–Crippen LogP) is -0.0399. The number of rotatable bonds is 3. The Morgan fingerprint density at radius 3 is 1.89 bits per heavy atom. The minimum absolute atomic E-state index is 0.292. The van der Waals surface area contributed by atoms with Crippen LogP contribution in [0.25, 0.3) is 0 Å². The van der Waals surface area contributed by atoms with Gasteiger partial charge in [-0.1, -0.05) is 20.8 Å². The molecule has 0 saturated heterocycles. The van der Waals surface area contributed by atoms with Crippen LogP contribution in [0.2, 0.25) is 0 Å². The van der Waals surface area contributed by atoms with Gasteiger partial charge in [0, 0.05) is 11.8 Å². The van der Waals surface area contributed by atoms with E-state index in [1.165, 1.54) is 0 Å². The first-order valence-corrected chi connectivity index (χ1v) is 8.45. The third kappa shape index (κ3) is 2.81. The summed E-state index contributed by atoms with van der Waals surface area (Å²) in [5, 5.41) is 0.570. The fourth-order valence-electron chi connectivity index (χ4n) is 1.54. The fraction of sp³-hybridized carbons (Fsp3) is 0.750. The SMILES string of the molecule is CC(C)(C)C(=O)C1=NNC(P(=O)(O)O)(P(=O)(O)O)C1. The molecular formula is C8H16N2O7P2. The molecule has 11 heteroatoms. The highest BCUT2D eigenvalue weighted by atomic mass is 31.2. The van der Waals surface area contributed by atoms with Crippen LogP contribution in [0.1, 0.15) is 27.2 Å². The van der Waals surface area contributed by atoms with Gasteiger partial charge in [0.25, 0.3) is 5.02 Å². The fourth-order valence-corrected chi connectivity index (χ4v) is 3.97. The standard InChI is InChI=1S/C8H16N2O7P2/c1-7(2,3)6(11)5-4-8(10-9-5,18(12,13)14)19(15,16)17/h10H,4H2,1-3H3,(H2,12,13,14)(H2,15,16,17). The van der Waals surface area contributed by atoms with E-state index in [9.17, 15) is 33.5 Å².